The lowest BCUT2D eigenvalue weighted by Crippen LogP contribution is -2.16. The topological polar surface area (TPSA) is 29.5 Å². The lowest BCUT2D eigenvalue weighted by atomic mass is 9.82. The van der Waals surface area contributed by atoms with E-state index in [4.69, 9.17) is 8.83 Å². The Labute approximate surface area is 265 Å². The van der Waals surface area contributed by atoms with Crippen LogP contribution in [0, 0.1) is 0 Å². The van der Waals surface area contributed by atoms with Gasteiger partial charge in [-0.3, -0.25) is 0 Å². The fourth-order valence-electron chi connectivity index (χ4n) is 7.94. The second-order valence-electron chi connectivity index (χ2n) is 12.9. The SMILES string of the molecule is CC1(C)c2ccccc2-c2c(N(c3ccc4c(c3)oc3ccccc34)c3cc4oc5ccccc5c4c4ccccc34)cccc21. The Kier molecular flexibility index (Phi) is 5.06. The van der Waals surface area contributed by atoms with Crippen LogP contribution >= 0.6 is 0 Å². The van der Waals surface area contributed by atoms with Crippen molar-refractivity contribution in [2.24, 2.45) is 0 Å². The number of nitrogens with zero attached hydrogens (tertiary/aromatic N) is 1. The summed E-state index contributed by atoms with van der Waals surface area (Å²) < 4.78 is 13.0. The number of fused-ring (bicyclic) bond motifs is 11. The molecule has 1 aliphatic carbocycles. The fraction of sp³-hybridized carbons (Fsp3) is 0.0698. The first-order valence-corrected chi connectivity index (χ1v) is 15.9. The molecule has 3 nitrogen and oxygen atoms in total. The molecule has 0 N–H and O–H groups in total. The summed E-state index contributed by atoms with van der Waals surface area (Å²) in [6, 6.07) is 49.8. The molecule has 0 radical (unpaired) electrons. The van der Waals surface area contributed by atoms with Crippen LogP contribution in [-0.4, -0.2) is 0 Å². The Morgan fingerprint density at radius 2 is 1.09 bits per heavy atom. The van der Waals surface area contributed by atoms with E-state index >= 15 is 0 Å². The zero-order valence-electron chi connectivity index (χ0n) is 25.5. The highest BCUT2D eigenvalue weighted by molar-refractivity contribution is 6.23. The maximum absolute atomic E-state index is 6.57. The molecule has 1 aliphatic rings. The van der Waals surface area contributed by atoms with Gasteiger partial charge in [0.2, 0.25) is 0 Å². The van der Waals surface area contributed by atoms with Crippen molar-refractivity contribution in [3.8, 4) is 11.1 Å². The summed E-state index contributed by atoms with van der Waals surface area (Å²) in [5, 5.41) is 6.85. The Morgan fingerprint density at radius 1 is 0.457 bits per heavy atom. The first kappa shape index (κ1) is 25.5. The monoisotopic (exact) mass is 591 g/mol. The average Bonchev–Trinajstić information content (AvgIpc) is 3.73. The van der Waals surface area contributed by atoms with Crippen LogP contribution in [0.1, 0.15) is 25.0 Å². The molecule has 3 heteroatoms. The average molecular weight is 592 g/mol. The van der Waals surface area contributed by atoms with Gasteiger partial charge in [-0.2, -0.15) is 0 Å². The molecule has 2 heterocycles. The lowest BCUT2D eigenvalue weighted by Gasteiger charge is -2.30. The van der Waals surface area contributed by atoms with Crippen molar-refractivity contribution in [1.82, 2.24) is 0 Å². The van der Waals surface area contributed by atoms with Crippen LogP contribution < -0.4 is 4.90 Å². The minimum atomic E-state index is -0.124. The molecule has 2 aromatic heterocycles. The van der Waals surface area contributed by atoms with Gasteiger partial charge in [0.1, 0.15) is 22.3 Å². The molecule has 0 saturated heterocycles. The van der Waals surface area contributed by atoms with E-state index in [9.17, 15) is 0 Å². The summed E-state index contributed by atoms with van der Waals surface area (Å²) in [6.07, 6.45) is 0. The number of rotatable bonds is 3. The van der Waals surface area contributed by atoms with Crippen molar-refractivity contribution >= 4 is 71.7 Å². The van der Waals surface area contributed by atoms with E-state index in [1.165, 1.54) is 27.6 Å². The first-order chi connectivity index (χ1) is 22.6. The molecule has 0 aliphatic heterocycles. The van der Waals surface area contributed by atoms with Crippen LogP contribution in [0.2, 0.25) is 0 Å². The maximum atomic E-state index is 6.57. The largest absolute Gasteiger partial charge is 0.456 e. The van der Waals surface area contributed by atoms with Gasteiger partial charge in [-0.05, 0) is 52.4 Å². The summed E-state index contributed by atoms with van der Waals surface area (Å²) >= 11 is 0. The summed E-state index contributed by atoms with van der Waals surface area (Å²) in [4.78, 5) is 2.42. The molecule has 0 amide bonds. The molecular weight excluding hydrogens is 562 g/mol. The van der Waals surface area contributed by atoms with Crippen molar-refractivity contribution in [2.75, 3.05) is 4.90 Å². The molecule has 9 aromatic rings. The van der Waals surface area contributed by atoms with E-state index in [1.807, 2.05) is 18.2 Å². The molecule has 0 bridgehead atoms. The van der Waals surface area contributed by atoms with Gasteiger partial charge in [-0.25, -0.2) is 0 Å². The third-order valence-corrected chi connectivity index (χ3v) is 10.1. The van der Waals surface area contributed by atoms with Gasteiger partial charge in [0, 0.05) is 55.7 Å². The van der Waals surface area contributed by atoms with Crippen LogP contribution in [-0.2, 0) is 5.41 Å². The van der Waals surface area contributed by atoms with E-state index in [0.29, 0.717) is 0 Å². The van der Waals surface area contributed by atoms with Crippen LogP contribution in [0.5, 0.6) is 0 Å². The highest BCUT2D eigenvalue weighted by Crippen LogP contribution is 2.55. The zero-order valence-corrected chi connectivity index (χ0v) is 25.5. The predicted molar refractivity (Wildman–Crippen MR) is 191 cm³/mol. The molecule has 0 fully saturated rings. The standard InChI is InChI=1S/C43H29NO2/c1-43(2)33-17-8-5-15-31(33)42-34(43)18-11-19-35(42)44(26-22-23-29-28-13-6-9-20-37(28)45-39(29)24-26)36-25-40-41(30-14-4-3-12-27(30)36)32-16-7-10-21-38(32)46-40/h3-25H,1-2H3. The summed E-state index contributed by atoms with van der Waals surface area (Å²) in [6.45, 7) is 4.67. The Bertz CT molecular complexity index is 2690. The Balaban J connectivity index is 1.33. The van der Waals surface area contributed by atoms with Crippen LogP contribution in [0.3, 0.4) is 0 Å². The molecule has 46 heavy (non-hydrogen) atoms. The van der Waals surface area contributed by atoms with Gasteiger partial charge in [-0.15, -0.1) is 0 Å². The molecule has 0 unspecified atom stereocenters. The van der Waals surface area contributed by atoms with Crippen LogP contribution in [0.15, 0.2) is 148 Å². The number of hydrogen-bond donors (Lipinski definition) is 0. The molecular formula is C43H29NO2. The van der Waals surface area contributed by atoms with Gasteiger partial charge in [0.15, 0.2) is 0 Å². The molecule has 0 atom stereocenters. The van der Waals surface area contributed by atoms with Crippen molar-refractivity contribution < 1.29 is 8.83 Å². The third kappa shape index (κ3) is 3.37. The second kappa shape index (κ2) is 9.12. The van der Waals surface area contributed by atoms with E-state index < -0.39 is 0 Å². The molecule has 0 spiro atoms. The summed E-state index contributed by atoms with van der Waals surface area (Å²) in [5.74, 6) is 0. The highest BCUT2D eigenvalue weighted by atomic mass is 16.3. The molecule has 10 rings (SSSR count). The predicted octanol–water partition coefficient (Wildman–Crippen LogP) is 12.4. The van der Waals surface area contributed by atoms with Crippen molar-refractivity contribution in [3.05, 3.63) is 151 Å². The third-order valence-electron chi connectivity index (χ3n) is 10.1. The number of para-hydroxylation sites is 2. The lowest BCUT2D eigenvalue weighted by molar-refractivity contribution is 0.660. The van der Waals surface area contributed by atoms with Crippen LogP contribution in [0.4, 0.5) is 17.1 Å². The Morgan fingerprint density at radius 3 is 1.93 bits per heavy atom. The smallest absolute Gasteiger partial charge is 0.138 e. The summed E-state index contributed by atoms with van der Waals surface area (Å²) in [7, 11) is 0. The number of benzene rings is 7. The number of anilines is 3. The van der Waals surface area contributed by atoms with Gasteiger partial charge in [0.05, 0.1) is 11.4 Å². The molecule has 0 saturated carbocycles. The Hall–Kier alpha value is -5.80. The minimum Gasteiger partial charge on any atom is -0.456 e. The van der Waals surface area contributed by atoms with E-state index in [-0.39, 0.29) is 5.41 Å². The van der Waals surface area contributed by atoms with Crippen LogP contribution in [0.25, 0.3) is 65.8 Å². The first-order valence-electron chi connectivity index (χ1n) is 15.9. The fourth-order valence-corrected chi connectivity index (χ4v) is 7.94. The highest BCUT2D eigenvalue weighted by Gasteiger charge is 2.38. The summed E-state index contributed by atoms with van der Waals surface area (Å²) in [5.41, 5.74) is 11.9. The van der Waals surface area contributed by atoms with Gasteiger partial charge in [-0.1, -0.05) is 111 Å². The molecule has 218 valence electrons. The van der Waals surface area contributed by atoms with Crippen molar-refractivity contribution in [3.63, 3.8) is 0 Å². The van der Waals surface area contributed by atoms with Crippen molar-refractivity contribution in [1.29, 1.82) is 0 Å². The second-order valence-corrected chi connectivity index (χ2v) is 12.9. The zero-order chi connectivity index (χ0) is 30.6. The van der Waals surface area contributed by atoms with E-state index in [1.54, 1.807) is 0 Å². The van der Waals surface area contributed by atoms with Gasteiger partial charge >= 0.3 is 0 Å². The van der Waals surface area contributed by atoms with E-state index in [0.717, 1.165) is 66.3 Å². The van der Waals surface area contributed by atoms with Gasteiger partial charge in [0.25, 0.3) is 0 Å². The number of hydrogen-bond acceptors (Lipinski definition) is 3. The quantitative estimate of drug-likeness (QED) is 0.205. The van der Waals surface area contributed by atoms with E-state index in [2.05, 4.69) is 140 Å². The molecule has 7 aromatic carbocycles. The maximum Gasteiger partial charge on any atom is 0.138 e. The normalized spacial score (nSPS) is 13.6. The minimum absolute atomic E-state index is 0.124. The number of furan rings is 2. The van der Waals surface area contributed by atoms with Crippen molar-refractivity contribution in [2.45, 2.75) is 19.3 Å². The van der Waals surface area contributed by atoms with Gasteiger partial charge < -0.3 is 13.7 Å².